The van der Waals surface area contributed by atoms with Crippen molar-refractivity contribution in [2.75, 3.05) is 6.54 Å². The van der Waals surface area contributed by atoms with E-state index in [-0.39, 0.29) is 0 Å². The molecule has 0 aliphatic heterocycles. The summed E-state index contributed by atoms with van der Waals surface area (Å²) in [6.07, 6.45) is 0. The Bertz CT molecular complexity index is 298. The van der Waals surface area contributed by atoms with Gasteiger partial charge in [0.1, 0.15) is 0 Å². The zero-order chi connectivity index (χ0) is 10.6. The van der Waals surface area contributed by atoms with Crippen molar-refractivity contribution in [3.63, 3.8) is 0 Å². The van der Waals surface area contributed by atoms with Gasteiger partial charge in [0.2, 0.25) is 0 Å². The minimum atomic E-state index is 0.396. The first-order valence-electron chi connectivity index (χ1n) is 5.04. The molecule has 1 N–H and O–H groups in total. The van der Waals surface area contributed by atoms with E-state index in [4.69, 9.17) is 0 Å². The third-order valence-corrected chi connectivity index (χ3v) is 2.29. The largest absolute Gasteiger partial charge is 0.306 e. The third-order valence-electron chi connectivity index (χ3n) is 2.29. The lowest BCUT2D eigenvalue weighted by molar-refractivity contribution is 0.607. The highest BCUT2D eigenvalue weighted by atomic mass is 14.9. The molecule has 0 amide bonds. The van der Waals surface area contributed by atoms with Gasteiger partial charge in [-0.25, -0.2) is 0 Å². The fraction of sp³-hybridized carbons (Fsp3) is 0.385. The Labute approximate surface area is 86.8 Å². The van der Waals surface area contributed by atoms with Crippen LogP contribution in [0.2, 0.25) is 0 Å². The van der Waals surface area contributed by atoms with E-state index in [0.717, 1.165) is 6.54 Å². The van der Waals surface area contributed by atoms with Crippen molar-refractivity contribution in [2.24, 2.45) is 0 Å². The molecule has 0 aliphatic rings. The zero-order valence-corrected chi connectivity index (χ0v) is 9.30. The molecule has 1 aromatic carbocycles. The predicted molar refractivity (Wildman–Crippen MR) is 62.4 cm³/mol. The number of hydrogen-bond donors (Lipinski definition) is 1. The number of benzene rings is 1. The molecule has 1 rings (SSSR count). The van der Waals surface area contributed by atoms with Gasteiger partial charge in [-0.1, -0.05) is 42.0 Å². The quantitative estimate of drug-likeness (QED) is 0.717. The maximum absolute atomic E-state index is 3.87. The molecule has 1 nitrogen and oxygen atoms in total. The zero-order valence-electron chi connectivity index (χ0n) is 9.30. The molecule has 0 radical (unpaired) electrons. The van der Waals surface area contributed by atoms with Crippen LogP contribution in [0.1, 0.15) is 31.0 Å². The van der Waals surface area contributed by atoms with Crippen molar-refractivity contribution in [3.8, 4) is 0 Å². The summed E-state index contributed by atoms with van der Waals surface area (Å²) in [6.45, 7) is 11.1. The Hall–Kier alpha value is -1.08. The molecule has 14 heavy (non-hydrogen) atoms. The molecule has 0 saturated carbocycles. The second kappa shape index (κ2) is 4.97. The van der Waals surface area contributed by atoms with Crippen molar-refractivity contribution >= 4 is 0 Å². The molecule has 0 aromatic heterocycles. The van der Waals surface area contributed by atoms with Crippen LogP contribution in [0.4, 0.5) is 0 Å². The van der Waals surface area contributed by atoms with Crippen LogP contribution in [-0.4, -0.2) is 6.54 Å². The Balaban J connectivity index is 2.56. The predicted octanol–water partition coefficient (Wildman–Crippen LogP) is 3.22. The number of hydrogen-bond acceptors (Lipinski definition) is 1. The Morgan fingerprint density at radius 3 is 2.43 bits per heavy atom. The molecular formula is C13H19N. The van der Waals surface area contributed by atoms with Crippen molar-refractivity contribution in [2.45, 2.75) is 26.8 Å². The van der Waals surface area contributed by atoms with Crippen LogP contribution >= 0.6 is 0 Å². The standard InChI is InChI=1S/C13H19N/c1-10(2)9-14-12(4)13-7-5-11(3)6-8-13/h5-8,12,14H,1,9H2,2-4H3/t12-/m1/s1. The van der Waals surface area contributed by atoms with Crippen LogP contribution in [0.5, 0.6) is 0 Å². The highest BCUT2D eigenvalue weighted by molar-refractivity contribution is 5.23. The van der Waals surface area contributed by atoms with Gasteiger partial charge >= 0.3 is 0 Å². The number of rotatable bonds is 4. The molecule has 0 fully saturated rings. The van der Waals surface area contributed by atoms with E-state index in [2.05, 4.69) is 50.0 Å². The second-order valence-corrected chi connectivity index (χ2v) is 3.97. The molecule has 0 bridgehead atoms. The highest BCUT2D eigenvalue weighted by Crippen LogP contribution is 2.12. The van der Waals surface area contributed by atoms with Crippen LogP contribution in [0, 0.1) is 6.92 Å². The van der Waals surface area contributed by atoms with E-state index in [1.54, 1.807) is 0 Å². The van der Waals surface area contributed by atoms with Crippen LogP contribution < -0.4 is 5.32 Å². The summed E-state index contributed by atoms with van der Waals surface area (Å²) >= 11 is 0. The van der Waals surface area contributed by atoms with Crippen LogP contribution in [-0.2, 0) is 0 Å². The SMILES string of the molecule is C=C(C)CN[C@H](C)c1ccc(C)cc1. The summed E-state index contributed by atoms with van der Waals surface area (Å²) in [5.74, 6) is 0. The molecule has 0 unspecified atom stereocenters. The van der Waals surface area contributed by atoms with Gasteiger partial charge in [-0.3, -0.25) is 0 Å². The van der Waals surface area contributed by atoms with Gasteiger partial charge < -0.3 is 5.32 Å². The Morgan fingerprint density at radius 1 is 1.36 bits per heavy atom. The fourth-order valence-corrected chi connectivity index (χ4v) is 1.30. The monoisotopic (exact) mass is 189 g/mol. The summed E-state index contributed by atoms with van der Waals surface area (Å²) in [5.41, 5.74) is 3.81. The summed E-state index contributed by atoms with van der Waals surface area (Å²) in [4.78, 5) is 0. The lowest BCUT2D eigenvalue weighted by atomic mass is 10.1. The van der Waals surface area contributed by atoms with Gasteiger partial charge in [-0.15, -0.1) is 0 Å². The van der Waals surface area contributed by atoms with E-state index in [9.17, 15) is 0 Å². The highest BCUT2D eigenvalue weighted by Gasteiger charge is 2.02. The van der Waals surface area contributed by atoms with Crippen molar-refractivity contribution in [3.05, 3.63) is 47.5 Å². The average molecular weight is 189 g/mol. The lowest BCUT2D eigenvalue weighted by Gasteiger charge is -2.14. The number of nitrogens with one attached hydrogen (secondary N) is 1. The van der Waals surface area contributed by atoms with Crippen molar-refractivity contribution in [1.29, 1.82) is 0 Å². The van der Waals surface area contributed by atoms with E-state index < -0.39 is 0 Å². The second-order valence-electron chi connectivity index (χ2n) is 3.97. The number of aryl methyl sites for hydroxylation is 1. The van der Waals surface area contributed by atoms with Gasteiger partial charge in [0, 0.05) is 12.6 Å². The van der Waals surface area contributed by atoms with E-state index in [1.165, 1.54) is 16.7 Å². The summed E-state index contributed by atoms with van der Waals surface area (Å²) < 4.78 is 0. The smallest absolute Gasteiger partial charge is 0.0294 e. The van der Waals surface area contributed by atoms with E-state index in [1.807, 2.05) is 6.92 Å². The fourth-order valence-electron chi connectivity index (χ4n) is 1.30. The van der Waals surface area contributed by atoms with Crippen LogP contribution in [0.3, 0.4) is 0 Å². The van der Waals surface area contributed by atoms with Crippen molar-refractivity contribution in [1.82, 2.24) is 5.32 Å². The molecule has 0 heterocycles. The van der Waals surface area contributed by atoms with Crippen molar-refractivity contribution < 1.29 is 0 Å². The van der Waals surface area contributed by atoms with Gasteiger partial charge in [-0.05, 0) is 26.3 Å². The van der Waals surface area contributed by atoms with Gasteiger partial charge in [0.25, 0.3) is 0 Å². The normalized spacial score (nSPS) is 12.5. The molecule has 0 spiro atoms. The Morgan fingerprint density at radius 2 is 1.93 bits per heavy atom. The first kappa shape index (κ1) is 11.0. The van der Waals surface area contributed by atoms with Gasteiger partial charge in [0.05, 0.1) is 0 Å². The average Bonchev–Trinajstić information content (AvgIpc) is 2.15. The van der Waals surface area contributed by atoms with Gasteiger partial charge in [-0.2, -0.15) is 0 Å². The molecule has 0 saturated heterocycles. The summed E-state index contributed by atoms with van der Waals surface area (Å²) in [5, 5.41) is 3.42. The third kappa shape index (κ3) is 3.35. The maximum atomic E-state index is 3.87. The Kier molecular flexibility index (Phi) is 3.90. The lowest BCUT2D eigenvalue weighted by Crippen LogP contribution is -2.20. The molecule has 0 aliphatic carbocycles. The minimum Gasteiger partial charge on any atom is -0.306 e. The topological polar surface area (TPSA) is 12.0 Å². The first-order valence-corrected chi connectivity index (χ1v) is 5.04. The summed E-state index contributed by atoms with van der Waals surface area (Å²) in [6, 6.07) is 9.03. The van der Waals surface area contributed by atoms with Crippen LogP contribution in [0.15, 0.2) is 36.4 Å². The molecule has 76 valence electrons. The first-order chi connectivity index (χ1) is 6.59. The van der Waals surface area contributed by atoms with Crippen LogP contribution in [0.25, 0.3) is 0 Å². The van der Waals surface area contributed by atoms with Gasteiger partial charge in [0.15, 0.2) is 0 Å². The maximum Gasteiger partial charge on any atom is 0.0294 e. The van der Waals surface area contributed by atoms with E-state index >= 15 is 0 Å². The molecular weight excluding hydrogens is 170 g/mol. The summed E-state index contributed by atoms with van der Waals surface area (Å²) in [7, 11) is 0. The molecule has 1 heteroatoms. The molecule has 1 aromatic rings. The minimum absolute atomic E-state index is 0.396. The molecule has 1 atom stereocenters. The van der Waals surface area contributed by atoms with E-state index in [0.29, 0.717) is 6.04 Å².